The number of thiophene rings is 1. The Morgan fingerprint density at radius 2 is 1.89 bits per heavy atom. The van der Waals surface area contributed by atoms with Crippen LogP contribution in [0.25, 0.3) is 5.82 Å². The number of amides is 2. The Morgan fingerprint density at radius 1 is 1.13 bits per heavy atom. The smallest absolute Gasteiger partial charge is 0.341 e. The Bertz CT molecular complexity index is 1300. The van der Waals surface area contributed by atoms with E-state index in [0.29, 0.717) is 23.7 Å². The first-order valence-electron chi connectivity index (χ1n) is 13.4. The second kappa shape index (κ2) is 11.0. The molecule has 0 aromatic carbocycles. The number of nitrogens with zero attached hydrogens (tertiary/aromatic N) is 2. The molecule has 9 nitrogen and oxygen atoms in total. The summed E-state index contributed by atoms with van der Waals surface area (Å²) in [6, 6.07) is 3.59. The van der Waals surface area contributed by atoms with Crippen molar-refractivity contribution in [3.63, 3.8) is 0 Å². The van der Waals surface area contributed by atoms with Gasteiger partial charge in [-0.15, -0.1) is 11.3 Å². The third kappa shape index (κ3) is 5.67. The second-order valence-corrected chi connectivity index (χ2v) is 12.1. The first kappa shape index (κ1) is 26.5. The molecule has 3 aromatic heterocycles. The Kier molecular flexibility index (Phi) is 7.65. The van der Waals surface area contributed by atoms with Crippen molar-refractivity contribution in [2.24, 2.45) is 0 Å². The van der Waals surface area contributed by atoms with Crippen molar-refractivity contribution in [2.75, 3.05) is 25.0 Å². The van der Waals surface area contributed by atoms with Gasteiger partial charge in [-0.3, -0.25) is 10.2 Å². The van der Waals surface area contributed by atoms with Crippen LogP contribution in [0.4, 0.5) is 9.80 Å². The van der Waals surface area contributed by atoms with E-state index >= 15 is 0 Å². The number of β-amino-alcohol motifs (C(OH)–C–C–N with tert-alkyl or cyclic N) is 1. The molecule has 0 saturated heterocycles. The molecule has 38 heavy (non-hydrogen) atoms. The molecule has 10 heteroatoms. The van der Waals surface area contributed by atoms with Gasteiger partial charge in [-0.25, -0.2) is 9.59 Å². The number of aliphatic hydroxyl groups is 1. The molecule has 0 fully saturated rings. The van der Waals surface area contributed by atoms with Gasteiger partial charge < -0.3 is 24.7 Å². The summed E-state index contributed by atoms with van der Waals surface area (Å²) in [7, 11) is 0. The van der Waals surface area contributed by atoms with Crippen LogP contribution in [0.3, 0.4) is 0 Å². The largest absolute Gasteiger partial charge is 0.456 e. The van der Waals surface area contributed by atoms with Gasteiger partial charge in [0.1, 0.15) is 16.4 Å². The number of ether oxygens (including phenoxy) is 1. The van der Waals surface area contributed by atoms with Crippen LogP contribution in [-0.2, 0) is 37.1 Å². The van der Waals surface area contributed by atoms with Crippen molar-refractivity contribution in [3.8, 4) is 5.82 Å². The summed E-state index contributed by atoms with van der Waals surface area (Å²) in [5.41, 5.74) is 4.29. The van der Waals surface area contributed by atoms with E-state index in [-0.39, 0.29) is 18.6 Å². The van der Waals surface area contributed by atoms with E-state index in [1.165, 1.54) is 16.9 Å². The van der Waals surface area contributed by atoms with Gasteiger partial charge >= 0.3 is 12.0 Å². The number of hydrogen-bond acceptors (Lipinski definition) is 6. The Hall–Kier alpha value is -3.08. The average molecular weight is 540 g/mol. The number of rotatable bonds is 7. The van der Waals surface area contributed by atoms with Crippen LogP contribution in [0, 0.1) is 0 Å². The SMILES string of the molecule is CC(C)(C)OC(=O)c1c(NC(=O)NCc2c(-n3cccc3)[nH]c3c2CCN(CCO)C3)sc2c1CCCC2. The number of fused-ring (bicyclic) bond motifs is 2. The minimum atomic E-state index is -0.616. The zero-order valence-electron chi connectivity index (χ0n) is 22.4. The minimum absolute atomic E-state index is 0.131. The van der Waals surface area contributed by atoms with Crippen LogP contribution in [0.15, 0.2) is 24.5 Å². The first-order valence-corrected chi connectivity index (χ1v) is 14.2. The Balaban J connectivity index is 1.35. The average Bonchev–Trinajstić information content (AvgIpc) is 3.58. The molecule has 0 spiro atoms. The zero-order valence-corrected chi connectivity index (χ0v) is 23.2. The van der Waals surface area contributed by atoms with E-state index in [4.69, 9.17) is 4.74 Å². The summed E-state index contributed by atoms with van der Waals surface area (Å²) in [5.74, 6) is 0.557. The Labute approximate surface area is 227 Å². The second-order valence-electron chi connectivity index (χ2n) is 11.0. The molecule has 0 saturated carbocycles. The van der Waals surface area contributed by atoms with Crippen LogP contribution in [0.2, 0.25) is 0 Å². The predicted molar refractivity (Wildman–Crippen MR) is 148 cm³/mol. The number of anilines is 1. The number of urea groups is 1. The molecule has 3 aromatic rings. The molecular formula is C28H37N5O4S. The number of aromatic amines is 1. The lowest BCUT2D eigenvalue weighted by atomic mass is 9.95. The molecule has 0 unspecified atom stereocenters. The molecule has 5 rings (SSSR count). The lowest BCUT2D eigenvalue weighted by Gasteiger charge is -2.26. The number of aromatic nitrogens is 2. The summed E-state index contributed by atoms with van der Waals surface area (Å²) < 4.78 is 7.73. The number of carbonyl (C=O) groups is 2. The summed E-state index contributed by atoms with van der Waals surface area (Å²) in [4.78, 5) is 33.2. The number of esters is 1. The summed E-state index contributed by atoms with van der Waals surface area (Å²) >= 11 is 1.49. The predicted octanol–water partition coefficient (Wildman–Crippen LogP) is 4.37. The maximum atomic E-state index is 13.2. The number of H-pyrrole nitrogens is 1. The third-order valence-corrected chi connectivity index (χ3v) is 8.26. The van der Waals surface area contributed by atoms with Crippen molar-refractivity contribution in [1.29, 1.82) is 0 Å². The quantitative estimate of drug-likeness (QED) is 0.333. The van der Waals surface area contributed by atoms with Crippen LogP contribution >= 0.6 is 11.3 Å². The van der Waals surface area contributed by atoms with E-state index < -0.39 is 5.60 Å². The van der Waals surface area contributed by atoms with Crippen molar-refractivity contribution in [1.82, 2.24) is 19.8 Å². The van der Waals surface area contributed by atoms with Gasteiger partial charge in [0.05, 0.1) is 12.2 Å². The van der Waals surface area contributed by atoms with E-state index in [9.17, 15) is 14.7 Å². The fraction of sp³-hybridized carbons (Fsp3) is 0.500. The van der Waals surface area contributed by atoms with E-state index in [1.807, 2.05) is 49.9 Å². The highest BCUT2D eigenvalue weighted by Crippen LogP contribution is 2.39. The third-order valence-electron chi connectivity index (χ3n) is 7.05. The van der Waals surface area contributed by atoms with Gasteiger partial charge in [-0.05, 0) is 76.1 Å². The van der Waals surface area contributed by atoms with Crippen molar-refractivity contribution >= 4 is 28.3 Å². The number of aryl methyl sites for hydroxylation is 1. The summed E-state index contributed by atoms with van der Waals surface area (Å²) in [6.45, 7) is 8.26. The number of hydrogen-bond donors (Lipinski definition) is 4. The lowest BCUT2D eigenvalue weighted by molar-refractivity contribution is 0.00698. The Morgan fingerprint density at radius 3 is 2.63 bits per heavy atom. The van der Waals surface area contributed by atoms with Crippen molar-refractivity contribution in [3.05, 3.63) is 57.4 Å². The van der Waals surface area contributed by atoms with Crippen LogP contribution in [-0.4, -0.2) is 56.9 Å². The molecule has 204 valence electrons. The fourth-order valence-corrected chi connectivity index (χ4v) is 6.64. The van der Waals surface area contributed by atoms with E-state index in [2.05, 4.69) is 20.5 Å². The highest BCUT2D eigenvalue weighted by molar-refractivity contribution is 7.17. The highest BCUT2D eigenvalue weighted by Gasteiger charge is 2.30. The minimum Gasteiger partial charge on any atom is -0.456 e. The number of carbonyl (C=O) groups excluding carboxylic acids is 2. The molecule has 4 N–H and O–H groups in total. The van der Waals surface area contributed by atoms with Crippen LogP contribution in [0.1, 0.15) is 71.2 Å². The van der Waals surface area contributed by atoms with Gasteiger partial charge in [0.25, 0.3) is 0 Å². The highest BCUT2D eigenvalue weighted by atomic mass is 32.1. The van der Waals surface area contributed by atoms with Crippen molar-refractivity contribution < 1.29 is 19.4 Å². The lowest BCUT2D eigenvalue weighted by Crippen LogP contribution is -2.33. The summed E-state index contributed by atoms with van der Waals surface area (Å²) in [5, 5.41) is 15.9. The molecular weight excluding hydrogens is 502 g/mol. The van der Waals surface area contributed by atoms with Crippen LogP contribution < -0.4 is 10.6 Å². The van der Waals surface area contributed by atoms with Gasteiger partial charge in [0.15, 0.2) is 0 Å². The van der Waals surface area contributed by atoms with Gasteiger partial charge in [0, 0.05) is 54.7 Å². The molecule has 0 atom stereocenters. The number of nitrogens with one attached hydrogen (secondary N) is 3. The monoisotopic (exact) mass is 539 g/mol. The van der Waals surface area contributed by atoms with Gasteiger partial charge in [-0.1, -0.05) is 0 Å². The normalized spacial score (nSPS) is 15.6. The fourth-order valence-electron chi connectivity index (χ4n) is 5.37. The molecule has 4 heterocycles. The van der Waals surface area contributed by atoms with E-state index in [1.54, 1.807) is 0 Å². The standard InChI is InChI=1S/C28H37N5O4S/c1-28(2,3)37-26(35)23-19-8-4-5-9-22(19)38-25(23)31-27(36)29-16-20-18-10-13-32(14-15-34)17-21(18)30-24(20)33-11-6-7-12-33/h6-7,11-12,30,34H,4-5,8-10,13-17H2,1-3H3,(H2,29,31,36). The van der Waals surface area contributed by atoms with Gasteiger partial charge in [0.2, 0.25) is 0 Å². The van der Waals surface area contributed by atoms with Crippen LogP contribution in [0.5, 0.6) is 0 Å². The zero-order chi connectivity index (χ0) is 26.9. The van der Waals surface area contributed by atoms with E-state index in [0.717, 1.165) is 72.7 Å². The van der Waals surface area contributed by atoms with Gasteiger partial charge in [-0.2, -0.15) is 0 Å². The molecule has 1 aliphatic heterocycles. The first-order chi connectivity index (χ1) is 18.2. The number of aliphatic hydroxyl groups excluding tert-OH is 1. The maximum Gasteiger partial charge on any atom is 0.341 e. The topological polar surface area (TPSA) is 112 Å². The molecule has 2 amide bonds. The molecule has 1 aliphatic carbocycles. The molecule has 0 radical (unpaired) electrons. The molecule has 0 bridgehead atoms. The summed E-state index contributed by atoms with van der Waals surface area (Å²) in [6.07, 6.45) is 8.66. The maximum absolute atomic E-state index is 13.2. The van der Waals surface area contributed by atoms with Crippen molar-refractivity contribution in [2.45, 2.75) is 71.6 Å². The molecule has 2 aliphatic rings.